The van der Waals surface area contributed by atoms with Crippen molar-refractivity contribution < 1.29 is 19.0 Å². The third kappa shape index (κ3) is 4.66. The van der Waals surface area contributed by atoms with Crippen LogP contribution in [0.25, 0.3) is 0 Å². The molecule has 0 fully saturated rings. The minimum atomic E-state index is -0.555. The van der Waals surface area contributed by atoms with Crippen molar-refractivity contribution in [2.24, 2.45) is 5.10 Å². The van der Waals surface area contributed by atoms with Crippen LogP contribution in [-0.4, -0.2) is 25.9 Å². The Morgan fingerprint density at radius 1 is 0.806 bits per heavy atom. The fourth-order valence-electron chi connectivity index (χ4n) is 4.42. The zero-order chi connectivity index (χ0) is 24.9. The van der Waals surface area contributed by atoms with Gasteiger partial charge >= 0.3 is 5.97 Å². The van der Waals surface area contributed by atoms with E-state index in [1.807, 2.05) is 97.1 Å². The van der Waals surface area contributed by atoms with E-state index in [1.165, 1.54) is 0 Å². The Morgan fingerprint density at radius 2 is 1.42 bits per heavy atom. The van der Waals surface area contributed by atoms with Crippen molar-refractivity contribution in [3.05, 3.63) is 125 Å². The van der Waals surface area contributed by atoms with Crippen molar-refractivity contribution in [1.29, 1.82) is 0 Å². The van der Waals surface area contributed by atoms with E-state index >= 15 is 0 Å². The van der Waals surface area contributed by atoms with E-state index in [4.69, 9.17) is 19.3 Å². The summed E-state index contributed by atoms with van der Waals surface area (Å²) in [4.78, 5) is 12.8. The van der Waals surface area contributed by atoms with E-state index in [-0.39, 0.29) is 5.97 Å². The number of cyclic esters (lactones) is 1. The molecule has 0 radical (unpaired) electrons. The summed E-state index contributed by atoms with van der Waals surface area (Å²) in [6.07, 6.45) is -0.555. The fraction of sp³-hybridized carbons (Fsp3) is 0.133. The fourth-order valence-corrected chi connectivity index (χ4v) is 4.42. The number of nitrogens with one attached hydrogen (secondary N) is 1. The van der Waals surface area contributed by atoms with Crippen molar-refractivity contribution in [2.75, 3.05) is 19.6 Å². The van der Waals surface area contributed by atoms with Gasteiger partial charge in [0, 0.05) is 5.56 Å². The molecule has 0 spiro atoms. The van der Waals surface area contributed by atoms with Crippen molar-refractivity contribution in [3.8, 4) is 11.5 Å². The van der Waals surface area contributed by atoms with Crippen LogP contribution >= 0.6 is 0 Å². The third-order valence-corrected chi connectivity index (χ3v) is 6.26. The maximum atomic E-state index is 12.8. The van der Waals surface area contributed by atoms with E-state index < -0.39 is 12.0 Å². The number of hydrogen-bond acceptors (Lipinski definition) is 6. The highest BCUT2D eigenvalue weighted by atomic mass is 16.5. The van der Waals surface area contributed by atoms with Crippen LogP contribution < -0.4 is 14.9 Å². The van der Waals surface area contributed by atoms with Gasteiger partial charge in [0.25, 0.3) is 0 Å². The highest BCUT2D eigenvalue weighted by Gasteiger charge is 2.40. The van der Waals surface area contributed by atoms with E-state index in [1.54, 1.807) is 20.3 Å². The number of rotatable bonds is 8. The van der Waals surface area contributed by atoms with Gasteiger partial charge in [-0.15, -0.1) is 0 Å². The molecule has 0 bridgehead atoms. The Bertz CT molecular complexity index is 1370. The maximum absolute atomic E-state index is 12.8. The topological polar surface area (TPSA) is 69.2 Å². The Kier molecular flexibility index (Phi) is 6.67. The largest absolute Gasteiger partial charge is 0.497 e. The van der Waals surface area contributed by atoms with Crippen LogP contribution in [0.2, 0.25) is 0 Å². The highest BCUT2D eigenvalue weighted by Crippen LogP contribution is 2.43. The highest BCUT2D eigenvalue weighted by molar-refractivity contribution is 6.07. The number of methoxy groups -OCH3 is 2. The number of fused-ring (bicyclic) bond motifs is 1. The van der Waals surface area contributed by atoms with Gasteiger partial charge in [0.05, 0.1) is 37.1 Å². The molecule has 1 N–H and O–H groups in total. The van der Waals surface area contributed by atoms with Gasteiger partial charge in [-0.05, 0) is 65.7 Å². The lowest BCUT2D eigenvalue weighted by Gasteiger charge is -2.26. The number of hydrogen-bond donors (Lipinski definition) is 1. The number of esters is 1. The Balaban J connectivity index is 1.67. The van der Waals surface area contributed by atoms with Crippen molar-refractivity contribution in [3.63, 3.8) is 0 Å². The average Bonchev–Trinajstić information content (AvgIpc) is 3.27. The SMILES string of the molecule is COc1ccc(/C(=N\Nc2ccccc2)[C@@H](c2ccc(OC)cc2)[C@H]2OC(=O)c3ccccc32)cc1. The smallest absolute Gasteiger partial charge is 0.339 e. The summed E-state index contributed by atoms with van der Waals surface area (Å²) in [5.74, 6) is 0.756. The Labute approximate surface area is 210 Å². The monoisotopic (exact) mass is 478 g/mol. The normalized spacial score (nSPS) is 15.6. The zero-order valence-corrected chi connectivity index (χ0v) is 20.0. The maximum Gasteiger partial charge on any atom is 0.339 e. The summed E-state index contributed by atoms with van der Waals surface area (Å²) in [7, 11) is 3.27. The summed E-state index contributed by atoms with van der Waals surface area (Å²) in [5, 5.41) is 4.88. The van der Waals surface area contributed by atoms with Gasteiger partial charge in [-0.25, -0.2) is 4.79 Å². The molecule has 2 atom stereocenters. The summed E-state index contributed by atoms with van der Waals surface area (Å²) < 4.78 is 16.8. The van der Waals surface area contributed by atoms with Gasteiger partial charge in [-0.2, -0.15) is 5.10 Å². The lowest BCUT2D eigenvalue weighted by molar-refractivity contribution is 0.0368. The number of benzene rings is 4. The second-order valence-corrected chi connectivity index (χ2v) is 8.37. The molecule has 0 saturated carbocycles. The molecule has 36 heavy (non-hydrogen) atoms. The van der Waals surface area contributed by atoms with E-state index in [0.29, 0.717) is 5.56 Å². The quantitative estimate of drug-likeness (QED) is 0.185. The molecular weight excluding hydrogens is 452 g/mol. The molecule has 6 heteroatoms. The molecule has 0 saturated heterocycles. The predicted molar refractivity (Wildman–Crippen MR) is 140 cm³/mol. The molecule has 4 aromatic carbocycles. The molecule has 5 rings (SSSR count). The third-order valence-electron chi connectivity index (χ3n) is 6.26. The first-order chi connectivity index (χ1) is 17.7. The van der Waals surface area contributed by atoms with Gasteiger partial charge in [0.1, 0.15) is 17.6 Å². The molecule has 0 amide bonds. The molecular formula is C30H26N2O4. The van der Waals surface area contributed by atoms with Crippen LogP contribution in [0.5, 0.6) is 11.5 Å². The van der Waals surface area contributed by atoms with Crippen LogP contribution in [-0.2, 0) is 4.74 Å². The number of carbonyl (C=O) groups is 1. The first-order valence-corrected chi connectivity index (χ1v) is 11.6. The lowest BCUT2D eigenvalue weighted by atomic mass is 9.82. The molecule has 180 valence electrons. The number of nitrogens with zero attached hydrogens (tertiary/aromatic N) is 1. The number of para-hydroxylation sites is 1. The van der Waals surface area contributed by atoms with Gasteiger partial charge in [0.2, 0.25) is 0 Å². The van der Waals surface area contributed by atoms with Crippen molar-refractivity contribution >= 4 is 17.4 Å². The molecule has 0 unspecified atom stereocenters. The molecule has 1 heterocycles. The standard InChI is InChI=1S/C30H26N2O4/c1-34-23-16-12-20(13-17-23)27(29-25-10-6-7-11-26(25)30(33)36-29)28(21-14-18-24(35-2)19-15-21)32-31-22-8-4-3-5-9-22/h3-19,27,29,31H,1-2H3/b32-28+/t27-,29+/m1/s1. The molecule has 6 nitrogen and oxygen atoms in total. The van der Waals surface area contributed by atoms with Gasteiger partial charge in [-0.1, -0.05) is 48.5 Å². The van der Waals surface area contributed by atoms with E-state index in [0.717, 1.165) is 39.6 Å². The molecule has 4 aromatic rings. The average molecular weight is 479 g/mol. The van der Waals surface area contributed by atoms with E-state index in [9.17, 15) is 4.79 Å². The first-order valence-electron chi connectivity index (χ1n) is 11.6. The lowest BCUT2D eigenvalue weighted by Crippen LogP contribution is -2.23. The Morgan fingerprint density at radius 3 is 2.08 bits per heavy atom. The second kappa shape index (κ2) is 10.4. The van der Waals surface area contributed by atoms with Crippen molar-refractivity contribution in [2.45, 2.75) is 12.0 Å². The number of carbonyl (C=O) groups excluding carboxylic acids is 1. The molecule has 0 aromatic heterocycles. The second-order valence-electron chi connectivity index (χ2n) is 8.37. The Hall–Kier alpha value is -4.58. The van der Waals surface area contributed by atoms with Crippen LogP contribution in [0.4, 0.5) is 5.69 Å². The molecule has 1 aliphatic heterocycles. The summed E-state index contributed by atoms with van der Waals surface area (Å²) in [5.41, 5.74) is 7.99. The van der Waals surface area contributed by atoms with Crippen LogP contribution in [0.15, 0.2) is 108 Å². The molecule has 1 aliphatic rings. The first kappa shape index (κ1) is 23.2. The van der Waals surface area contributed by atoms with Crippen molar-refractivity contribution in [1.82, 2.24) is 0 Å². The van der Waals surface area contributed by atoms with Gasteiger partial charge in [-0.3, -0.25) is 5.43 Å². The minimum absolute atomic E-state index is 0.334. The van der Waals surface area contributed by atoms with E-state index in [2.05, 4.69) is 5.43 Å². The van der Waals surface area contributed by atoms with Crippen LogP contribution in [0, 0.1) is 0 Å². The minimum Gasteiger partial charge on any atom is -0.497 e. The molecule has 0 aliphatic carbocycles. The predicted octanol–water partition coefficient (Wildman–Crippen LogP) is 6.22. The van der Waals surface area contributed by atoms with Gasteiger partial charge in [0.15, 0.2) is 0 Å². The summed E-state index contributed by atoms with van der Waals surface area (Å²) >= 11 is 0. The van der Waals surface area contributed by atoms with Gasteiger partial charge < -0.3 is 14.2 Å². The summed E-state index contributed by atoms with van der Waals surface area (Å²) in [6.45, 7) is 0. The number of hydrazone groups is 1. The zero-order valence-electron chi connectivity index (χ0n) is 20.0. The number of anilines is 1. The van der Waals surface area contributed by atoms with Crippen LogP contribution in [0.1, 0.15) is 39.1 Å². The summed E-state index contributed by atoms with van der Waals surface area (Å²) in [6, 6.07) is 32.7. The number of ether oxygens (including phenoxy) is 3. The van der Waals surface area contributed by atoms with Crippen LogP contribution in [0.3, 0.4) is 0 Å².